The molecular formula is C8H19NO. The van der Waals surface area contributed by atoms with Gasteiger partial charge in [-0.3, -0.25) is 4.79 Å². The molecule has 0 aliphatic heterocycles. The number of rotatable bonds is 4. The highest BCUT2D eigenvalue weighted by molar-refractivity contribution is 5.46. The van der Waals surface area contributed by atoms with E-state index >= 15 is 0 Å². The molecule has 0 aromatic heterocycles. The van der Waals surface area contributed by atoms with Crippen molar-refractivity contribution in [2.45, 2.75) is 46.6 Å². The van der Waals surface area contributed by atoms with Crippen LogP contribution in [0.4, 0.5) is 0 Å². The summed E-state index contributed by atoms with van der Waals surface area (Å²) in [6.07, 6.45) is 2.95. The van der Waals surface area contributed by atoms with Crippen LogP contribution in [0.25, 0.3) is 0 Å². The number of hydrogen-bond donors (Lipinski definition) is 1. The minimum absolute atomic E-state index is 0.345. The quantitative estimate of drug-likeness (QED) is 0.602. The van der Waals surface area contributed by atoms with Crippen molar-refractivity contribution in [1.29, 1.82) is 0 Å². The summed E-state index contributed by atoms with van der Waals surface area (Å²) in [5, 5.41) is 2.67. The first-order valence-corrected chi connectivity index (χ1v) is 4.01. The maximum absolute atomic E-state index is 9.78. The summed E-state index contributed by atoms with van der Waals surface area (Å²) in [6, 6.07) is 0.345. The van der Waals surface area contributed by atoms with Crippen LogP contribution in [0.3, 0.4) is 0 Å². The molecule has 1 N–H and O–H groups in total. The van der Waals surface area contributed by atoms with Gasteiger partial charge in [-0.2, -0.15) is 0 Å². The van der Waals surface area contributed by atoms with Gasteiger partial charge in [0.05, 0.1) is 0 Å². The number of nitrogens with one attached hydrogen (secondary N) is 1. The van der Waals surface area contributed by atoms with Gasteiger partial charge >= 0.3 is 0 Å². The van der Waals surface area contributed by atoms with Crippen LogP contribution in [0.1, 0.15) is 40.5 Å². The molecule has 1 atom stereocenters. The van der Waals surface area contributed by atoms with Crippen molar-refractivity contribution in [3.8, 4) is 0 Å². The molecule has 0 aliphatic carbocycles. The molecule has 2 heteroatoms. The monoisotopic (exact) mass is 145 g/mol. The minimum Gasteiger partial charge on any atom is -0.356 e. The van der Waals surface area contributed by atoms with Gasteiger partial charge in [0.1, 0.15) is 0 Å². The summed E-state index contributed by atoms with van der Waals surface area (Å²) in [5.74, 6) is 0. The zero-order valence-corrected chi connectivity index (χ0v) is 7.48. The largest absolute Gasteiger partial charge is 0.356 e. The topological polar surface area (TPSA) is 29.1 Å². The van der Waals surface area contributed by atoms with Gasteiger partial charge in [0, 0.05) is 6.04 Å². The molecule has 0 spiro atoms. The van der Waals surface area contributed by atoms with Gasteiger partial charge in [0.15, 0.2) is 0 Å². The molecule has 0 saturated heterocycles. The van der Waals surface area contributed by atoms with E-state index in [1.807, 2.05) is 20.8 Å². The Bertz CT molecular complexity index is 64.3. The van der Waals surface area contributed by atoms with E-state index in [2.05, 4.69) is 12.2 Å². The second-order valence-electron chi connectivity index (χ2n) is 1.97. The SMILES string of the molecule is CC.CCCC(C)NC=O. The average molecular weight is 145 g/mol. The van der Waals surface area contributed by atoms with E-state index in [1.165, 1.54) is 0 Å². The molecule has 1 unspecified atom stereocenters. The lowest BCUT2D eigenvalue weighted by molar-refractivity contribution is -0.110. The molecule has 0 aliphatic rings. The molecule has 0 aromatic rings. The van der Waals surface area contributed by atoms with Gasteiger partial charge in [-0.15, -0.1) is 0 Å². The van der Waals surface area contributed by atoms with E-state index in [9.17, 15) is 4.79 Å². The Balaban J connectivity index is 0. The summed E-state index contributed by atoms with van der Waals surface area (Å²) >= 11 is 0. The van der Waals surface area contributed by atoms with Crippen molar-refractivity contribution < 1.29 is 4.79 Å². The Morgan fingerprint density at radius 1 is 1.50 bits per heavy atom. The van der Waals surface area contributed by atoms with E-state index in [0.29, 0.717) is 6.04 Å². The average Bonchev–Trinajstić information content (AvgIpc) is 1.93. The summed E-state index contributed by atoms with van der Waals surface area (Å²) < 4.78 is 0. The number of carbonyl (C=O) groups is 1. The molecule has 0 saturated carbocycles. The van der Waals surface area contributed by atoms with Crippen LogP contribution in [-0.4, -0.2) is 12.5 Å². The zero-order chi connectivity index (χ0) is 8.41. The van der Waals surface area contributed by atoms with Crippen LogP contribution in [-0.2, 0) is 4.79 Å². The first-order chi connectivity index (χ1) is 4.81. The molecule has 62 valence electrons. The lowest BCUT2D eigenvalue weighted by Gasteiger charge is -2.05. The van der Waals surface area contributed by atoms with Crippen molar-refractivity contribution in [3.05, 3.63) is 0 Å². The molecule has 0 radical (unpaired) electrons. The van der Waals surface area contributed by atoms with Crippen LogP contribution < -0.4 is 5.32 Å². The predicted molar refractivity (Wildman–Crippen MR) is 44.9 cm³/mol. The normalized spacial score (nSPS) is 10.8. The summed E-state index contributed by atoms with van der Waals surface area (Å²) in [6.45, 7) is 8.10. The highest BCUT2D eigenvalue weighted by atomic mass is 16.1. The van der Waals surface area contributed by atoms with E-state index in [4.69, 9.17) is 0 Å². The summed E-state index contributed by atoms with van der Waals surface area (Å²) in [4.78, 5) is 9.78. The van der Waals surface area contributed by atoms with Crippen molar-refractivity contribution in [1.82, 2.24) is 5.32 Å². The molecule has 0 fully saturated rings. The molecule has 0 aromatic carbocycles. The fourth-order valence-electron chi connectivity index (χ4n) is 0.632. The van der Waals surface area contributed by atoms with Gasteiger partial charge in [0.25, 0.3) is 0 Å². The Morgan fingerprint density at radius 2 is 2.00 bits per heavy atom. The van der Waals surface area contributed by atoms with Crippen LogP contribution in [0, 0.1) is 0 Å². The Labute approximate surface area is 64.0 Å². The zero-order valence-electron chi connectivity index (χ0n) is 7.48. The standard InChI is InChI=1S/C6H13NO.C2H6/c1-3-4-6(2)7-5-8;1-2/h5-6H,3-4H2,1-2H3,(H,7,8);1-2H3. The number of hydrogen-bond acceptors (Lipinski definition) is 1. The molecule has 0 bridgehead atoms. The molecular weight excluding hydrogens is 126 g/mol. The van der Waals surface area contributed by atoms with E-state index in [0.717, 1.165) is 19.3 Å². The highest BCUT2D eigenvalue weighted by Gasteiger charge is 1.93. The maximum Gasteiger partial charge on any atom is 0.207 e. The highest BCUT2D eigenvalue weighted by Crippen LogP contribution is 1.91. The maximum atomic E-state index is 9.78. The molecule has 1 amide bonds. The third-order valence-corrected chi connectivity index (χ3v) is 1.07. The van der Waals surface area contributed by atoms with Crippen molar-refractivity contribution in [3.63, 3.8) is 0 Å². The van der Waals surface area contributed by atoms with E-state index in [1.54, 1.807) is 0 Å². The third kappa shape index (κ3) is 10.5. The first kappa shape index (κ1) is 12.2. The van der Waals surface area contributed by atoms with E-state index < -0.39 is 0 Å². The van der Waals surface area contributed by atoms with Crippen LogP contribution >= 0.6 is 0 Å². The van der Waals surface area contributed by atoms with Gasteiger partial charge in [-0.1, -0.05) is 27.2 Å². The van der Waals surface area contributed by atoms with Crippen molar-refractivity contribution >= 4 is 6.41 Å². The number of carbonyl (C=O) groups excluding carboxylic acids is 1. The number of amides is 1. The van der Waals surface area contributed by atoms with E-state index in [-0.39, 0.29) is 0 Å². The van der Waals surface area contributed by atoms with Gasteiger partial charge in [-0.25, -0.2) is 0 Å². The third-order valence-electron chi connectivity index (χ3n) is 1.07. The lowest BCUT2D eigenvalue weighted by atomic mass is 10.2. The fraction of sp³-hybridized carbons (Fsp3) is 0.875. The van der Waals surface area contributed by atoms with Crippen LogP contribution in [0.15, 0.2) is 0 Å². The smallest absolute Gasteiger partial charge is 0.207 e. The fourth-order valence-corrected chi connectivity index (χ4v) is 0.632. The second-order valence-corrected chi connectivity index (χ2v) is 1.97. The molecule has 0 rings (SSSR count). The minimum atomic E-state index is 0.345. The molecule has 0 heterocycles. The van der Waals surface area contributed by atoms with Crippen molar-refractivity contribution in [2.75, 3.05) is 0 Å². The first-order valence-electron chi connectivity index (χ1n) is 4.01. The Kier molecular flexibility index (Phi) is 13.7. The van der Waals surface area contributed by atoms with Gasteiger partial charge in [0.2, 0.25) is 6.41 Å². The van der Waals surface area contributed by atoms with Crippen LogP contribution in [0.5, 0.6) is 0 Å². The van der Waals surface area contributed by atoms with Crippen LogP contribution in [0.2, 0.25) is 0 Å². The molecule has 2 nitrogen and oxygen atoms in total. The molecule has 10 heavy (non-hydrogen) atoms. The Hall–Kier alpha value is -0.530. The van der Waals surface area contributed by atoms with Gasteiger partial charge < -0.3 is 5.32 Å². The Morgan fingerprint density at radius 3 is 2.30 bits per heavy atom. The lowest BCUT2D eigenvalue weighted by Crippen LogP contribution is -2.23. The van der Waals surface area contributed by atoms with Crippen molar-refractivity contribution in [2.24, 2.45) is 0 Å². The summed E-state index contributed by atoms with van der Waals surface area (Å²) in [5.41, 5.74) is 0. The second kappa shape index (κ2) is 11.3. The summed E-state index contributed by atoms with van der Waals surface area (Å²) in [7, 11) is 0. The van der Waals surface area contributed by atoms with Gasteiger partial charge in [-0.05, 0) is 13.3 Å². The predicted octanol–water partition coefficient (Wildman–Crippen LogP) is 1.95.